The molecule has 1 N–H and O–H groups in total. The van der Waals surface area contributed by atoms with Crippen molar-refractivity contribution in [2.24, 2.45) is 5.92 Å². The van der Waals surface area contributed by atoms with Crippen molar-refractivity contribution in [3.05, 3.63) is 0 Å². The van der Waals surface area contributed by atoms with E-state index in [2.05, 4.69) is 4.72 Å². The Morgan fingerprint density at radius 2 is 1.19 bits per heavy atom. The van der Waals surface area contributed by atoms with Crippen LogP contribution in [0, 0.1) is 5.92 Å². The van der Waals surface area contributed by atoms with E-state index in [1.807, 2.05) is 48.5 Å². The Balaban J connectivity index is 6.55. The van der Waals surface area contributed by atoms with Gasteiger partial charge in [0.25, 0.3) is 0 Å². The number of hydrogen-bond acceptors (Lipinski definition) is 7. The molecule has 12 heteroatoms. The lowest BCUT2D eigenvalue weighted by Gasteiger charge is -2.53. The normalized spacial score (nSPS) is 17.4. The van der Waals surface area contributed by atoms with Crippen LogP contribution in [-0.2, 0) is 33.3 Å². The number of rotatable bonds is 15. The van der Waals surface area contributed by atoms with Crippen LogP contribution in [0.2, 0.25) is 5.54 Å². The van der Waals surface area contributed by atoms with Crippen LogP contribution in [0.1, 0.15) is 69.2 Å². The van der Waals surface area contributed by atoms with Crippen LogP contribution in [0.4, 0.5) is 0 Å². The summed E-state index contributed by atoms with van der Waals surface area (Å²) in [6.45, 7) is 19.7. The number of nitrogens with zero attached hydrogens (tertiary/aromatic N) is 1. The Bertz CT molecular complexity index is 784. The average Bonchev–Trinajstić information content (AvgIpc) is 2.57. The summed E-state index contributed by atoms with van der Waals surface area (Å²) in [7, 11) is -10.4. The minimum atomic E-state index is -3.75. The Labute approximate surface area is 198 Å². The SMILES string of the molecule is CCO[Si](OCC)(OCC)C(C)C(C)C(C)(C)N(C(C)(C)C(C)NS(C)(=O)=O)S(C)(=O)=O. The fourth-order valence-corrected chi connectivity index (χ4v) is 10.7. The van der Waals surface area contributed by atoms with Crippen LogP contribution in [0.3, 0.4) is 0 Å². The second-order valence-corrected chi connectivity index (χ2v) is 16.0. The van der Waals surface area contributed by atoms with Crippen molar-refractivity contribution in [3.63, 3.8) is 0 Å². The summed E-state index contributed by atoms with van der Waals surface area (Å²) < 4.78 is 72.2. The molecule has 0 amide bonds. The second kappa shape index (κ2) is 11.6. The van der Waals surface area contributed by atoms with Gasteiger partial charge in [-0.15, -0.1) is 0 Å². The van der Waals surface area contributed by atoms with E-state index in [-0.39, 0.29) is 11.5 Å². The first-order chi connectivity index (χ1) is 14.2. The van der Waals surface area contributed by atoms with Gasteiger partial charge in [0, 0.05) is 42.5 Å². The van der Waals surface area contributed by atoms with Gasteiger partial charge in [0.2, 0.25) is 20.0 Å². The van der Waals surface area contributed by atoms with Gasteiger partial charge >= 0.3 is 8.80 Å². The minimum absolute atomic E-state index is 0.226. The molecular formula is C20H46N2O7S2Si. The maximum Gasteiger partial charge on any atom is 0.504 e. The van der Waals surface area contributed by atoms with Crippen LogP contribution >= 0.6 is 0 Å². The molecule has 32 heavy (non-hydrogen) atoms. The first-order valence-electron chi connectivity index (χ1n) is 11.1. The first-order valence-corrected chi connectivity index (χ1v) is 16.7. The molecule has 0 spiro atoms. The van der Waals surface area contributed by atoms with Crippen LogP contribution in [0.15, 0.2) is 0 Å². The van der Waals surface area contributed by atoms with Gasteiger partial charge in [-0.3, -0.25) is 0 Å². The van der Waals surface area contributed by atoms with Gasteiger partial charge < -0.3 is 13.3 Å². The molecule has 0 saturated carbocycles. The molecule has 0 saturated heterocycles. The number of nitrogens with one attached hydrogen (secondary N) is 1. The third-order valence-electron chi connectivity index (χ3n) is 6.29. The van der Waals surface area contributed by atoms with E-state index < -0.39 is 46.0 Å². The van der Waals surface area contributed by atoms with Crippen molar-refractivity contribution in [1.82, 2.24) is 9.03 Å². The average molecular weight is 519 g/mol. The molecule has 0 aliphatic heterocycles. The van der Waals surface area contributed by atoms with Crippen LogP contribution in [-0.4, -0.2) is 79.4 Å². The molecule has 0 aromatic heterocycles. The number of hydrogen-bond donors (Lipinski definition) is 1. The number of sulfonamides is 2. The van der Waals surface area contributed by atoms with E-state index in [0.29, 0.717) is 19.8 Å². The molecule has 0 rings (SSSR count). The molecule has 3 unspecified atom stereocenters. The highest BCUT2D eigenvalue weighted by Gasteiger charge is 2.56. The third-order valence-corrected chi connectivity index (χ3v) is 12.4. The zero-order chi connectivity index (χ0) is 25.8. The van der Waals surface area contributed by atoms with Crippen molar-refractivity contribution < 1.29 is 30.1 Å². The van der Waals surface area contributed by atoms with Gasteiger partial charge in [0.1, 0.15) is 0 Å². The molecule has 3 atom stereocenters. The van der Waals surface area contributed by atoms with Crippen molar-refractivity contribution in [3.8, 4) is 0 Å². The maximum absolute atomic E-state index is 13.1. The van der Waals surface area contributed by atoms with Crippen molar-refractivity contribution in [2.75, 3.05) is 32.3 Å². The molecule has 0 fully saturated rings. The highest BCUT2D eigenvalue weighted by Crippen LogP contribution is 2.44. The monoisotopic (exact) mass is 518 g/mol. The van der Waals surface area contributed by atoms with E-state index in [1.54, 1.807) is 20.8 Å². The topological polar surface area (TPSA) is 111 Å². The predicted octanol–water partition coefficient (Wildman–Crippen LogP) is 2.82. The van der Waals surface area contributed by atoms with Crippen molar-refractivity contribution in [2.45, 2.75) is 91.9 Å². The maximum atomic E-state index is 13.1. The molecule has 0 aromatic rings. The third kappa shape index (κ3) is 7.72. The lowest BCUT2D eigenvalue weighted by molar-refractivity contribution is 0.0195. The van der Waals surface area contributed by atoms with Gasteiger partial charge in [-0.05, 0) is 61.3 Å². The Hall–Kier alpha value is -0.0831. The highest BCUT2D eigenvalue weighted by atomic mass is 32.2. The molecule has 9 nitrogen and oxygen atoms in total. The van der Waals surface area contributed by atoms with Gasteiger partial charge in [0.15, 0.2) is 0 Å². The quantitative estimate of drug-likeness (QED) is 0.332. The van der Waals surface area contributed by atoms with Crippen LogP contribution < -0.4 is 4.72 Å². The van der Waals surface area contributed by atoms with Gasteiger partial charge in [-0.1, -0.05) is 13.8 Å². The molecule has 0 aromatic carbocycles. The standard InChI is InChI=1S/C20H46N2O7S2Si/c1-13-27-32(28-14-2,29-15-3)17(5)16(4)19(7,8)22(31(12,25)26)20(9,10)18(6)21-30(11,23)24/h16-18,21H,13-15H2,1-12H3. The smallest absolute Gasteiger partial charge is 0.374 e. The second-order valence-electron chi connectivity index (χ2n) is 9.43. The summed E-state index contributed by atoms with van der Waals surface area (Å²) in [6, 6.07) is -0.679. The summed E-state index contributed by atoms with van der Waals surface area (Å²) in [5, 5.41) is 0. The molecule has 0 bridgehead atoms. The van der Waals surface area contributed by atoms with E-state index in [1.165, 1.54) is 4.31 Å². The molecule has 0 aliphatic rings. The van der Waals surface area contributed by atoms with E-state index in [4.69, 9.17) is 13.3 Å². The summed E-state index contributed by atoms with van der Waals surface area (Å²) in [5.41, 5.74) is -2.22. The van der Waals surface area contributed by atoms with E-state index in [9.17, 15) is 16.8 Å². The largest absolute Gasteiger partial charge is 0.504 e. The fourth-order valence-electron chi connectivity index (χ4n) is 4.46. The summed E-state index contributed by atoms with van der Waals surface area (Å²) in [6.07, 6.45) is 2.21. The zero-order valence-corrected chi connectivity index (χ0v) is 24.6. The molecule has 0 aliphatic carbocycles. The lowest BCUT2D eigenvalue weighted by atomic mass is 9.82. The van der Waals surface area contributed by atoms with E-state index in [0.717, 1.165) is 12.5 Å². The summed E-state index contributed by atoms with van der Waals surface area (Å²) in [4.78, 5) is 0. The predicted molar refractivity (Wildman–Crippen MR) is 132 cm³/mol. The molecular weight excluding hydrogens is 472 g/mol. The summed E-state index contributed by atoms with van der Waals surface area (Å²) >= 11 is 0. The fraction of sp³-hybridized carbons (Fsp3) is 1.00. The van der Waals surface area contributed by atoms with Crippen molar-refractivity contribution >= 4 is 28.9 Å². The molecule has 0 heterocycles. The highest BCUT2D eigenvalue weighted by molar-refractivity contribution is 7.89. The molecule has 0 radical (unpaired) electrons. The Kier molecular flexibility index (Phi) is 11.5. The van der Waals surface area contributed by atoms with Gasteiger partial charge in [-0.2, -0.15) is 4.31 Å². The minimum Gasteiger partial charge on any atom is -0.374 e. The van der Waals surface area contributed by atoms with Gasteiger partial charge in [0.05, 0.1) is 12.5 Å². The Morgan fingerprint density at radius 1 is 0.812 bits per heavy atom. The Morgan fingerprint density at radius 3 is 1.47 bits per heavy atom. The van der Waals surface area contributed by atoms with Crippen LogP contribution in [0.25, 0.3) is 0 Å². The van der Waals surface area contributed by atoms with Gasteiger partial charge in [-0.25, -0.2) is 21.6 Å². The van der Waals surface area contributed by atoms with Crippen molar-refractivity contribution in [1.29, 1.82) is 0 Å². The zero-order valence-electron chi connectivity index (χ0n) is 22.0. The molecule has 194 valence electrons. The first kappa shape index (κ1) is 31.9. The summed E-state index contributed by atoms with van der Waals surface area (Å²) in [5.74, 6) is -0.252. The van der Waals surface area contributed by atoms with E-state index >= 15 is 0 Å². The lowest BCUT2D eigenvalue weighted by Crippen LogP contribution is -2.68. The van der Waals surface area contributed by atoms with Crippen LogP contribution in [0.5, 0.6) is 0 Å².